The van der Waals surface area contributed by atoms with Crippen molar-refractivity contribution >= 4 is 17.7 Å². The molecule has 0 bridgehead atoms. The van der Waals surface area contributed by atoms with E-state index in [9.17, 15) is 4.79 Å². The number of nitrogens with zero attached hydrogens (tertiary/aromatic N) is 3. The summed E-state index contributed by atoms with van der Waals surface area (Å²) in [4.78, 5) is 11.7. The summed E-state index contributed by atoms with van der Waals surface area (Å²) < 4.78 is 6.82. The Morgan fingerprint density at radius 2 is 1.96 bits per heavy atom. The fraction of sp³-hybridized carbons (Fsp3) is 0.389. The zero-order chi connectivity index (χ0) is 18.0. The van der Waals surface area contributed by atoms with Crippen molar-refractivity contribution in [2.45, 2.75) is 44.7 Å². The molecular formula is C18H22N4O2S. The summed E-state index contributed by atoms with van der Waals surface area (Å²) in [7, 11) is 0. The third-order valence-electron chi connectivity index (χ3n) is 3.84. The van der Waals surface area contributed by atoms with Crippen molar-refractivity contribution in [1.82, 2.24) is 14.9 Å². The molecule has 132 valence electrons. The van der Waals surface area contributed by atoms with Gasteiger partial charge in [0.1, 0.15) is 0 Å². The van der Waals surface area contributed by atoms with Gasteiger partial charge in [-0.2, -0.15) is 0 Å². The van der Waals surface area contributed by atoms with E-state index >= 15 is 0 Å². The summed E-state index contributed by atoms with van der Waals surface area (Å²) in [6.07, 6.45) is 0.195. The molecule has 3 rings (SSSR count). The van der Waals surface area contributed by atoms with Gasteiger partial charge in [0.15, 0.2) is 5.82 Å². The van der Waals surface area contributed by atoms with Gasteiger partial charge in [-0.1, -0.05) is 56.8 Å². The summed E-state index contributed by atoms with van der Waals surface area (Å²) in [6, 6.07) is 8.33. The Hall–Kier alpha value is -2.28. The zero-order valence-corrected chi connectivity index (χ0v) is 15.7. The smallest absolute Gasteiger partial charge is 0.311 e. The Morgan fingerprint density at radius 1 is 1.24 bits per heavy atom. The molecule has 0 saturated heterocycles. The highest BCUT2D eigenvalue weighted by Crippen LogP contribution is 2.30. The van der Waals surface area contributed by atoms with Gasteiger partial charge in [-0.25, -0.2) is 4.68 Å². The minimum Gasteiger partial charge on any atom is -0.466 e. The largest absolute Gasteiger partial charge is 0.466 e. The molecule has 1 aliphatic rings. The molecular weight excluding hydrogens is 336 g/mol. The van der Waals surface area contributed by atoms with Crippen LogP contribution >= 0.6 is 11.8 Å². The lowest BCUT2D eigenvalue weighted by molar-refractivity contribution is -0.142. The predicted octanol–water partition coefficient (Wildman–Crippen LogP) is 3.69. The average molecular weight is 358 g/mol. The number of fused-ring (bicyclic) bond motifs is 1. The number of ether oxygens (including phenoxy) is 1. The van der Waals surface area contributed by atoms with E-state index in [2.05, 4.69) is 48.5 Å². The van der Waals surface area contributed by atoms with Crippen molar-refractivity contribution in [2.75, 3.05) is 12.0 Å². The molecule has 0 amide bonds. The van der Waals surface area contributed by atoms with E-state index in [1.807, 2.05) is 22.2 Å². The maximum absolute atomic E-state index is 11.7. The van der Waals surface area contributed by atoms with Crippen LogP contribution in [0.3, 0.4) is 0 Å². The molecule has 1 aromatic heterocycles. The van der Waals surface area contributed by atoms with E-state index in [0.717, 1.165) is 22.2 Å². The summed E-state index contributed by atoms with van der Waals surface area (Å²) in [6.45, 7) is 8.73. The topological polar surface area (TPSA) is 69.0 Å². The molecule has 0 spiro atoms. The minimum absolute atomic E-state index is 0.104. The fourth-order valence-corrected chi connectivity index (χ4v) is 3.21. The van der Waals surface area contributed by atoms with Gasteiger partial charge in [0.25, 0.3) is 0 Å². The molecule has 0 fully saturated rings. The number of aromatic nitrogens is 3. The first-order valence-electron chi connectivity index (χ1n) is 8.23. The van der Waals surface area contributed by atoms with E-state index in [1.165, 1.54) is 17.3 Å². The molecule has 2 aromatic rings. The van der Waals surface area contributed by atoms with Crippen molar-refractivity contribution in [3.63, 3.8) is 0 Å². The van der Waals surface area contributed by atoms with Gasteiger partial charge in [0, 0.05) is 11.0 Å². The third-order valence-corrected chi connectivity index (χ3v) is 4.72. The predicted molar refractivity (Wildman–Crippen MR) is 98.7 cm³/mol. The van der Waals surface area contributed by atoms with Gasteiger partial charge in [-0.05, 0) is 17.9 Å². The summed E-state index contributed by atoms with van der Waals surface area (Å²) >= 11 is 1.44. The molecule has 0 unspecified atom stereocenters. The maximum atomic E-state index is 11.7. The van der Waals surface area contributed by atoms with Gasteiger partial charge in [0.05, 0.1) is 18.7 Å². The van der Waals surface area contributed by atoms with Gasteiger partial charge in [0.2, 0.25) is 5.16 Å². The molecule has 7 heteroatoms. The van der Waals surface area contributed by atoms with Crippen LogP contribution in [-0.4, -0.2) is 27.4 Å². The Kier molecular flexibility index (Phi) is 4.85. The van der Waals surface area contributed by atoms with Gasteiger partial charge >= 0.3 is 5.97 Å². The SMILES string of the molecule is CCOC(=O)CC1=CSc2nnc(-c3ccc(C(C)(C)C)cc3)n2N1. The number of thioether (sulfide) groups is 1. The molecule has 0 radical (unpaired) electrons. The average Bonchev–Trinajstić information content (AvgIpc) is 2.97. The molecule has 2 heterocycles. The molecule has 25 heavy (non-hydrogen) atoms. The van der Waals surface area contributed by atoms with E-state index in [0.29, 0.717) is 6.61 Å². The van der Waals surface area contributed by atoms with Crippen molar-refractivity contribution in [2.24, 2.45) is 0 Å². The van der Waals surface area contributed by atoms with E-state index in [-0.39, 0.29) is 17.8 Å². The second kappa shape index (κ2) is 6.92. The molecule has 1 aromatic carbocycles. The van der Waals surface area contributed by atoms with Crippen LogP contribution in [0.25, 0.3) is 11.4 Å². The van der Waals surface area contributed by atoms with Crippen LogP contribution in [0.2, 0.25) is 0 Å². The molecule has 1 N–H and O–H groups in total. The fourth-order valence-electron chi connectivity index (χ4n) is 2.50. The molecule has 0 saturated carbocycles. The Labute approximate surface area is 151 Å². The standard InChI is InChI=1S/C18H22N4O2S/c1-5-24-15(23)10-14-11-25-17-20-19-16(22(17)21-14)12-6-8-13(9-7-12)18(2,3)4/h6-9,11,21H,5,10H2,1-4H3. The normalized spacial score (nSPS) is 13.7. The number of hydrogen-bond donors (Lipinski definition) is 1. The monoisotopic (exact) mass is 358 g/mol. The van der Waals surface area contributed by atoms with E-state index in [4.69, 9.17) is 4.74 Å². The minimum atomic E-state index is -0.255. The van der Waals surface area contributed by atoms with Crippen LogP contribution < -0.4 is 5.43 Å². The first kappa shape index (κ1) is 17.5. The van der Waals surface area contributed by atoms with E-state index in [1.54, 1.807) is 6.92 Å². The molecule has 1 aliphatic heterocycles. The Morgan fingerprint density at radius 3 is 2.60 bits per heavy atom. The highest BCUT2D eigenvalue weighted by molar-refractivity contribution is 8.02. The first-order chi connectivity index (χ1) is 11.9. The highest BCUT2D eigenvalue weighted by Gasteiger charge is 2.21. The number of benzene rings is 1. The summed E-state index contributed by atoms with van der Waals surface area (Å²) in [5.74, 6) is 0.465. The zero-order valence-electron chi connectivity index (χ0n) is 14.9. The second-order valence-corrected chi connectivity index (χ2v) is 7.66. The maximum Gasteiger partial charge on any atom is 0.311 e. The number of carbonyl (C=O) groups is 1. The number of hydrogen-bond acceptors (Lipinski definition) is 6. The summed E-state index contributed by atoms with van der Waals surface area (Å²) in [5.41, 5.74) is 6.31. The highest BCUT2D eigenvalue weighted by atomic mass is 32.2. The molecule has 0 aliphatic carbocycles. The van der Waals surface area contributed by atoms with Crippen molar-refractivity contribution in [3.8, 4) is 11.4 Å². The Balaban J connectivity index is 1.81. The van der Waals surface area contributed by atoms with Crippen LogP contribution in [0.4, 0.5) is 0 Å². The van der Waals surface area contributed by atoms with E-state index < -0.39 is 0 Å². The summed E-state index contributed by atoms with van der Waals surface area (Å²) in [5, 5.41) is 11.1. The Bertz CT molecular complexity index is 803. The molecule has 6 nitrogen and oxygen atoms in total. The van der Waals surface area contributed by atoms with Gasteiger partial charge in [-0.15, -0.1) is 10.2 Å². The lowest BCUT2D eigenvalue weighted by atomic mass is 9.87. The number of esters is 1. The van der Waals surface area contributed by atoms with Gasteiger partial charge < -0.3 is 4.74 Å². The van der Waals surface area contributed by atoms with Crippen molar-refractivity contribution in [3.05, 3.63) is 40.9 Å². The van der Waals surface area contributed by atoms with Gasteiger partial charge in [-0.3, -0.25) is 10.2 Å². The lowest BCUT2D eigenvalue weighted by Crippen LogP contribution is -2.21. The third kappa shape index (κ3) is 3.87. The van der Waals surface area contributed by atoms with Crippen LogP contribution in [-0.2, 0) is 14.9 Å². The number of rotatable bonds is 4. The quantitative estimate of drug-likeness (QED) is 0.841. The van der Waals surface area contributed by atoms with Crippen LogP contribution in [0.15, 0.2) is 40.5 Å². The van der Waals surface area contributed by atoms with Crippen molar-refractivity contribution in [1.29, 1.82) is 0 Å². The second-order valence-electron chi connectivity index (χ2n) is 6.82. The van der Waals surface area contributed by atoms with Crippen molar-refractivity contribution < 1.29 is 9.53 Å². The number of carbonyl (C=O) groups excluding carboxylic acids is 1. The lowest BCUT2D eigenvalue weighted by Gasteiger charge is -2.20. The molecule has 0 atom stereocenters. The van der Waals surface area contributed by atoms with Crippen LogP contribution in [0.5, 0.6) is 0 Å². The first-order valence-corrected chi connectivity index (χ1v) is 9.11. The van der Waals surface area contributed by atoms with Crippen LogP contribution in [0, 0.1) is 0 Å². The number of nitrogens with one attached hydrogen (secondary N) is 1. The van der Waals surface area contributed by atoms with Crippen LogP contribution in [0.1, 0.15) is 39.7 Å².